The molecule has 0 aromatic heterocycles. The number of para-hydroxylation sites is 2. The van der Waals surface area contributed by atoms with Crippen molar-refractivity contribution in [1.29, 1.82) is 0 Å². The van der Waals surface area contributed by atoms with Gasteiger partial charge in [-0.2, -0.15) is 0 Å². The van der Waals surface area contributed by atoms with Crippen molar-refractivity contribution in [3.8, 4) is 11.5 Å². The van der Waals surface area contributed by atoms with Crippen LogP contribution < -0.4 is 14.8 Å². The van der Waals surface area contributed by atoms with Crippen molar-refractivity contribution in [2.75, 3.05) is 19.8 Å². The van der Waals surface area contributed by atoms with E-state index in [1.807, 2.05) is 6.92 Å². The van der Waals surface area contributed by atoms with Crippen molar-refractivity contribution in [2.45, 2.75) is 13.5 Å². The number of carbonyl (C=O) groups excluding carboxylic acids is 2. The molecule has 138 valence electrons. The minimum atomic E-state index is -0.697. The van der Waals surface area contributed by atoms with Crippen LogP contribution >= 0.6 is 0 Å². The molecule has 0 spiro atoms. The molecule has 0 aliphatic rings. The van der Waals surface area contributed by atoms with E-state index in [1.54, 1.807) is 42.5 Å². The molecular formula is C19H20FNO5. The summed E-state index contributed by atoms with van der Waals surface area (Å²) in [6.45, 7) is 1.49. The molecule has 0 saturated carbocycles. The molecule has 0 aliphatic heterocycles. The van der Waals surface area contributed by atoms with Gasteiger partial charge in [-0.25, -0.2) is 9.18 Å². The van der Waals surface area contributed by atoms with Crippen LogP contribution in [0.15, 0.2) is 48.5 Å². The van der Waals surface area contributed by atoms with Gasteiger partial charge < -0.3 is 19.5 Å². The van der Waals surface area contributed by atoms with Gasteiger partial charge in [0.15, 0.2) is 24.7 Å². The highest BCUT2D eigenvalue weighted by molar-refractivity contribution is 5.80. The van der Waals surface area contributed by atoms with E-state index in [0.29, 0.717) is 23.7 Å². The quantitative estimate of drug-likeness (QED) is 0.695. The van der Waals surface area contributed by atoms with Crippen LogP contribution in [-0.2, 0) is 20.9 Å². The maximum atomic E-state index is 13.4. The minimum Gasteiger partial charge on any atom is -0.490 e. The lowest BCUT2D eigenvalue weighted by Gasteiger charge is -2.11. The van der Waals surface area contributed by atoms with E-state index < -0.39 is 24.3 Å². The van der Waals surface area contributed by atoms with Gasteiger partial charge in [-0.3, -0.25) is 4.79 Å². The molecule has 2 aromatic carbocycles. The third-order valence-electron chi connectivity index (χ3n) is 3.29. The lowest BCUT2D eigenvalue weighted by Crippen LogP contribution is -2.29. The molecule has 0 aliphatic carbocycles. The summed E-state index contributed by atoms with van der Waals surface area (Å²) >= 11 is 0. The number of hydrogen-bond acceptors (Lipinski definition) is 5. The van der Waals surface area contributed by atoms with Crippen molar-refractivity contribution < 1.29 is 28.2 Å². The van der Waals surface area contributed by atoms with Crippen molar-refractivity contribution in [3.05, 3.63) is 59.9 Å². The summed E-state index contributed by atoms with van der Waals surface area (Å²) in [5, 5.41) is 2.48. The maximum Gasteiger partial charge on any atom is 0.344 e. The Balaban J connectivity index is 1.71. The zero-order valence-electron chi connectivity index (χ0n) is 14.4. The molecule has 0 saturated heterocycles. The summed E-state index contributed by atoms with van der Waals surface area (Å²) in [5.74, 6) is -0.708. The topological polar surface area (TPSA) is 73.9 Å². The molecule has 7 heteroatoms. The SMILES string of the molecule is CCOc1ccccc1OCC(=O)OCC(=O)NCc1ccccc1F. The Kier molecular flexibility index (Phi) is 7.42. The fraction of sp³-hybridized carbons (Fsp3) is 0.263. The lowest BCUT2D eigenvalue weighted by molar-refractivity contribution is -0.150. The summed E-state index contributed by atoms with van der Waals surface area (Å²) in [5.41, 5.74) is 0.350. The van der Waals surface area contributed by atoms with Crippen molar-refractivity contribution in [3.63, 3.8) is 0 Å². The zero-order chi connectivity index (χ0) is 18.8. The molecule has 0 radical (unpaired) electrons. The number of halogens is 1. The summed E-state index contributed by atoms with van der Waals surface area (Å²) in [6.07, 6.45) is 0. The van der Waals surface area contributed by atoms with Crippen LogP contribution in [0.1, 0.15) is 12.5 Å². The Bertz CT molecular complexity index is 750. The Morgan fingerprint density at radius 2 is 1.62 bits per heavy atom. The van der Waals surface area contributed by atoms with E-state index in [2.05, 4.69) is 5.32 Å². The van der Waals surface area contributed by atoms with Gasteiger partial charge in [0.2, 0.25) is 0 Å². The van der Waals surface area contributed by atoms with Gasteiger partial charge in [-0.1, -0.05) is 30.3 Å². The molecule has 0 fully saturated rings. The molecule has 1 amide bonds. The normalized spacial score (nSPS) is 10.1. The summed E-state index contributed by atoms with van der Waals surface area (Å²) in [6, 6.07) is 13.0. The Morgan fingerprint density at radius 3 is 2.31 bits per heavy atom. The molecule has 2 rings (SSSR count). The highest BCUT2D eigenvalue weighted by Gasteiger charge is 2.11. The smallest absolute Gasteiger partial charge is 0.344 e. The fourth-order valence-corrected chi connectivity index (χ4v) is 2.06. The molecule has 26 heavy (non-hydrogen) atoms. The number of amides is 1. The Labute approximate surface area is 150 Å². The van der Waals surface area contributed by atoms with Crippen molar-refractivity contribution >= 4 is 11.9 Å². The van der Waals surface area contributed by atoms with Gasteiger partial charge in [0.1, 0.15) is 5.82 Å². The molecule has 0 atom stereocenters. The van der Waals surface area contributed by atoms with Crippen LogP contribution in [0.3, 0.4) is 0 Å². The van der Waals surface area contributed by atoms with Crippen LogP contribution in [0.2, 0.25) is 0 Å². The van der Waals surface area contributed by atoms with Gasteiger partial charge in [-0.15, -0.1) is 0 Å². The number of benzene rings is 2. The van der Waals surface area contributed by atoms with E-state index in [4.69, 9.17) is 14.2 Å². The second-order valence-corrected chi connectivity index (χ2v) is 5.20. The molecule has 0 bridgehead atoms. The van der Waals surface area contributed by atoms with E-state index in [-0.39, 0.29) is 13.2 Å². The van der Waals surface area contributed by atoms with Crippen LogP contribution in [0.5, 0.6) is 11.5 Å². The minimum absolute atomic E-state index is 0.0152. The monoisotopic (exact) mass is 361 g/mol. The first-order valence-corrected chi connectivity index (χ1v) is 8.10. The largest absolute Gasteiger partial charge is 0.490 e. The Morgan fingerprint density at radius 1 is 0.962 bits per heavy atom. The molecule has 0 heterocycles. The van der Waals surface area contributed by atoms with Gasteiger partial charge in [0.25, 0.3) is 5.91 Å². The average molecular weight is 361 g/mol. The predicted octanol–water partition coefficient (Wildman–Crippen LogP) is 2.46. The van der Waals surface area contributed by atoms with E-state index in [9.17, 15) is 14.0 Å². The van der Waals surface area contributed by atoms with Crippen LogP contribution in [0.25, 0.3) is 0 Å². The van der Waals surface area contributed by atoms with Gasteiger partial charge in [0.05, 0.1) is 6.61 Å². The predicted molar refractivity (Wildman–Crippen MR) is 92.3 cm³/mol. The first-order valence-electron chi connectivity index (χ1n) is 8.10. The van der Waals surface area contributed by atoms with Crippen LogP contribution in [-0.4, -0.2) is 31.7 Å². The number of ether oxygens (including phenoxy) is 3. The van der Waals surface area contributed by atoms with Crippen molar-refractivity contribution in [1.82, 2.24) is 5.32 Å². The van der Waals surface area contributed by atoms with Gasteiger partial charge in [-0.05, 0) is 25.1 Å². The average Bonchev–Trinajstić information content (AvgIpc) is 2.65. The van der Waals surface area contributed by atoms with Gasteiger partial charge >= 0.3 is 5.97 Å². The second kappa shape index (κ2) is 10.0. The Hall–Kier alpha value is -3.09. The zero-order valence-corrected chi connectivity index (χ0v) is 14.4. The second-order valence-electron chi connectivity index (χ2n) is 5.20. The number of nitrogens with one attached hydrogen (secondary N) is 1. The highest BCUT2D eigenvalue weighted by Crippen LogP contribution is 2.26. The summed E-state index contributed by atoms with van der Waals surface area (Å²) in [7, 11) is 0. The molecular weight excluding hydrogens is 341 g/mol. The molecule has 6 nitrogen and oxygen atoms in total. The first-order chi connectivity index (χ1) is 12.6. The lowest BCUT2D eigenvalue weighted by atomic mass is 10.2. The number of carbonyl (C=O) groups is 2. The molecule has 0 unspecified atom stereocenters. The third kappa shape index (κ3) is 6.08. The van der Waals surface area contributed by atoms with E-state index in [1.165, 1.54) is 6.07 Å². The number of hydrogen-bond donors (Lipinski definition) is 1. The maximum absolute atomic E-state index is 13.4. The van der Waals surface area contributed by atoms with E-state index >= 15 is 0 Å². The standard InChI is InChI=1S/C19H20FNO5/c1-2-24-16-9-5-6-10-17(16)25-13-19(23)26-12-18(22)21-11-14-7-3-4-8-15(14)20/h3-10H,2,11-13H2,1H3,(H,21,22). The van der Waals surface area contributed by atoms with Crippen LogP contribution in [0.4, 0.5) is 4.39 Å². The summed E-state index contributed by atoms with van der Waals surface area (Å²) in [4.78, 5) is 23.4. The molecule has 1 N–H and O–H groups in total. The first kappa shape index (κ1) is 19.2. The van der Waals surface area contributed by atoms with Crippen LogP contribution in [0, 0.1) is 5.82 Å². The van der Waals surface area contributed by atoms with E-state index in [0.717, 1.165) is 0 Å². The van der Waals surface area contributed by atoms with Gasteiger partial charge in [0, 0.05) is 12.1 Å². The van der Waals surface area contributed by atoms with Crippen molar-refractivity contribution in [2.24, 2.45) is 0 Å². The molecule has 2 aromatic rings. The number of rotatable bonds is 9. The summed E-state index contributed by atoms with van der Waals surface area (Å²) < 4.78 is 29.0. The highest BCUT2D eigenvalue weighted by atomic mass is 19.1. The number of esters is 1. The third-order valence-corrected chi connectivity index (χ3v) is 3.29. The fourth-order valence-electron chi connectivity index (χ4n) is 2.06.